The van der Waals surface area contributed by atoms with Crippen molar-refractivity contribution in [3.8, 4) is 0 Å². The van der Waals surface area contributed by atoms with Gasteiger partial charge in [-0.15, -0.1) is 0 Å². The van der Waals surface area contributed by atoms with Gasteiger partial charge in [0.05, 0.1) is 10.7 Å². The van der Waals surface area contributed by atoms with E-state index in [9.17, 15) is 0 Å². The van der Waals surface area contributed by atoms with Crippen LogP contribution in [0.2, 0.25) is 5.02 Å². The second-order valence-corrected chi connectivity index (χ2v) is 8.01. The molecule has 1 aliphatic heterocycles. The first-order valence-electron chi connectivity index (χ1n) is 10.3. The van der Waals surface area contributed by atoms with E-state index in [-0.39, 0.29) is 0 Å². The summed E-state index contributed by atoms with van der Waals surface area (Å²) in [4.78, 5) is 4.96. The number of hydrogen-bond donors (Lipinski definition) is 1. The Bertz CT molecular complexity index is 1100. The lowest BCUT2D eigenvalue weighted by Crippen LogP contribution is -2.46. The standard InChI is InChI=1S/C25H28ClN3/c1-4-28-13-15-29(16-14-28)21-11-9-20(10-12-21)17-27-25-19(3)23-8-6-5-7-22(23)18(2)24(25)26/h5-12,27H,2-4,13-17H2,1H3. The van der Waals surface area contributed by atoms with Crippen LogP contribution in [0, 0.1) is 0 Å². The van der Waals surface area contributed by atoms with Crippen LogP contribution in [0.3, 0.4) is 0 Å². The van der Waals surface area contributed by atoms with Crippen LogP contribution in [0.25, 0.3) is 23.9 Å². The van der Waals surface area contributed by atoms with Crippen molar-refractivity contribution in [3.63, 3.8) is 0 Å². The van der Waals surface area contributed by atoms with Crippen LogP contribution in [0.5, 0.6) is 0 Å². The summed E-state index contributed by atoms with van der Waals surface area (Å²) in [5.41, 5.74) is 3.39. The fourth-order valence-electron chi connectivity index (χ4n) is 4.07. The van der Waals surface area contributed by atoms with Gasteiger partial charge in [0.1, 0.15) is 0 Å². The molecule has 3 aromatic rings. The molecule has 1 N–H and O–H groups in total. The predicted molar refractivity (Wildman–Crippen MR) is 127 cm³/mol. The Hall–Kier alpha value is -2.49. The zero-order chi connectivity index (χ0) is 20.4. The lowest BCUT2D eigenvalue weighted by molar-refractivity contribution is 0.271. The highest BCUT2D eigenvalue weighted by Crippen LogP contribution is 2.21. The third-order valence-electron chi connectivity index (χ3n) is 5.95. The molecule has 4 heteroatoms. The van der Waals surface area contributed by atoms with Crippen LogP contribution in [-0.4, -0.2) is 37.6 Å². The Balaban J connectivity index is 1.49. The highest BCUT2D eigenvalue weighted by molar-refractivity contribution is 6.34. The molecule has 0 bridgehead atoms. The second kappa shape index (κ2) is 8.48. The van der Waals surface area contributed by atoms with E-state index >= 15 is 0 Å². The summed E-state index contributed by atoms with van der Waals surface area (Å²) < 4.78 is 0. The van der Waals surface area contributed by atoms with Gasteiger partial charge < -0.3 is 15.1 Å². The average molecular weight is 406 g/mol. The number of fused-ring (bicyclic) bond motifs is 1. The van der Waals surface area contributed by atoms with Gasteiger partial charge in [-0.1, -0.05) is 68.1 Å². The van der Waals surface area contributed by atoms with Crippen LogP contribution in [0.1, 0.15) is 12.5 Å². The highest BCUT2D eigenvalue weighted by atomic mass is 35.5. The Kier molecular flexibility index (Phi) is 5.79. The number of rotatable bonds is 5. The number of halogens is 1. The van der Waals surface area contributed by atoms with Crippen molar-refractivity contribution >= 4 is 46.9 Å². The molecule has 3 nitrogen and oxygen atoms in total. The van der Waals surface area contributed by atoms with Gasteiger partial charge in [0, 0.05) is 38.4 Å². The van der Waals surface area contributed by atoms with E-state index < -0.39 is 0 Å². The largest absolute Gasteiger partial charge is 0.379 e. The summed E-state index contributed by atoms with van der Waals surface area (Å²) in [6, 6.07) is 17.0. The minimum absolute atomic E-state index is 0.652. The van der Waals surface area contributed by atoms with Gasteiger partial charge in [0.25, 0.3) is 0 Å². The molecule has 1 heterocycles. The predicted octanol–water partition coefficient (Wildman–Crippen LogP) is 4.07. The van der Waals surface area contributed by atoms with Crippen molar-refractivity contribution in [3.05, 3.63) is 69.6 Å². The summed E-state index contributed by atoms with van der Waals surface area (Å²) in [6.45, 7) is 17.0. The van der Waals surface area contributed by atoms with Gasteiger partial charge in [-0.25, -0.2) is 0 Å². The van der Waals surface area contributed by atoms with E-state index in [1.807, 2.05) is 18.2 Å². The van der Waals surface area contributed by atoms with E-state index in [0.717, 1.165) is 59.6 Å². The molecular weight excluding hydrogens is 378 g/mol. The van der Waals surface area contributed by atoms with Gasteiger partial charge in [-0.2, -0.15) is 0 Å². The number of piperazine rings is 1. The SMILES string of the molecule is C=c1c(Cl)c(NCc2ccc(N3CCN(CC)CC3)cc2)c(=C)c2ccccc12. The molecule has 4 rings (SSSR count). The maximum absolute atomic E-state index is 6.62. The Morgan fingerprint density at radius 1 is 0.897 bits per heavy atom. The molecule has 150 valence electrons. The molecule has 1 fully saturated rings. The molecule has 0 unspecified atom stereocenters. The molecule has 1 saturated heterocycles. The zero-order valence-corrected chi connectivity index (χ0v) is 17.8. The Labute approximate surface area is 177 Å². The highest BCUT2D eigenvalue weighted by Gasteiger charge is 2.15. The van der Waals surface area contributed by atoms with E-state index in [1.165, 1.54) is 11.3 Å². The molecule has 0 aliphatic carbocycles. The average Bonchev–Trinajstić information content (AvgIpc) is 2.78. The molecule has 0 atom stereocenters. The Morgan fingerprint density at radius 2 is 1.52 bits per heavy atom. The molecule has 29 heavy (non-hydrogen) atoms. The molecule has 3 aromatic carbocycles. The fourth-order valence-corrected chi connectivity index (χ4v) is 4.35. The lowest BCUT2D eigenvalue weighted by atomic mass is 10.0. The van der Waals surface area contributed by atoms with E-state index in [4.69, 9.17) is 11.6 Å². The van der Waals surface area contributed by atoms with Crippen molar-refractivity contribution in [1.82, 2.24) is 4.90 Å². The van der Waals surface area contributed by atoms with Crippen LogP contribution < -0.4 is 20.7 Å². The van der Waals surface area contributed by atoms with E-state index in [1.54, 1.807) is 0 Å². The molecule has 0 saturated carbocycles. The first-order valence-corrected chi connectivity index (χ1v) is 10.6. The normalized spacial score (nSPS) is 15.0. The van der Waals surface area contributed by atoms with Gasteiger partial charge in [0.2, 0.25) is 0 Å². The summed E-state index contributed by atoms with van der Waals surface area (Å²) >= 11 is 6.62. The molecule has 0 amide bonds. The third kappa shape index (κ3) is 3.98. The van der Waals surface area contributed by atoms with Crippen molar-refractivity contribution in [2.45, 2.75) is 13.5 Å². The van der Waals surface area contributed by atoms with Gasteiger partial charge in [0.15, 0.2) is 0 Å². The summed E-state index contributed by atoms with van der Waals surface area (Å²) in [7, 11) is 0. The topological polar surface area (TPSA) is 18.5 Å². The van der Waals surface area contributed by atoms with Crippen molar-refractivity contribution < 1.29 is 0 Å². The maximum Gasteiger partial charge on any atom is 0.0716 e. The molecule has 0 aromatic heterocycles. The number of nitrogens with one attached hydrogen (secondary N) is 1. The number of anilines is 2. The van der Waals surface area contributed by atoms with Crippen molar-refractivity contribution in [2.24, 2.45) is 0 Å². The molecule has 0 spiro atoms. The first kappa shape index (κ1) is 19.8. The van der Waals surface area contributed by atoms with E-state index in [2.05, 4.69) is 65.5 Å². The molecule has 0 radical (unpaired) electrons. The number of nitrogens with zero attached hydrogens (tertiary/aromatic N) is 2. The molecular formula is C25H28ClN3. The first-order chi connectivity index (χ1) is 14.1. The second-order valence-electron chi connectivity index (χ2n) is 7.63. The lowest BCUT2D eigenvalue weighted by Gasteiger charge is -2.35. The number of likely N-dealkylation sites (N-methyl/N-ethyl adjacent to an activating group) is 1. The van der Waals surface area contributed by atoms with Gasteiger partial charge in [-0.05, 0) is 45.5 Å². The maximum atomic E-state index is 6.62. The van der Waals surface area contributed by atoms with Crippen LogP contribution in [-0.2, 0) is 6.54 Å². The monoisotopic (exact) mass is 405 g/mol. The smallest absolute Gasteiger partial charge is 0.0716 e. The Morgan fingerprint density at radius 3 is 2.14 bits per heavy atom. The fraction of sp³-hybridized carbons (Fsp3) is 0.280. The summed E-state index contributed by atoms with van der Waals surface area (Å²) in [6.07, 6.45) is 0. The quantitative estimate of drug-likeness (QED) is 0.690. The van der Waals surface area contributed by atoms with Gasteiger partial charge in [-0.3, -0.25) is 0 Å². The van der Waals surface area contributed by atoms with Crippen molar-refractivity contribution in [2.75, 3.05) is 42.9 Å². The van der Waals surface area contributed by atoms with Crippen LogP contribution in [0.15, 0.2) is 48.5 Å². The van der Waals surface area contributed by atoms with Crippen LogP contribution in [0.4, 0.5) is 11.4 Å². The zero-order valence-electron chi connectivity index (χ0n) is 17.0. The summed E-state index contributed by atoms with van der Waals surface area (Å²) in [5, 5.41) is 8.05. The minimum atomic E-state index is 0.652. The third-order valence-corrected chi connectivity index (χ3v) is 6.37. The minimum Gasteiger partial charge on any atom is -0.379 e. The van der Waals surface area contributed by atoms with E-state index in [0.29, 0.717) is 11.6 Å². The van der Waals surface area contributed by atoms with Crippen molar-refractivity contribution in [1.29, 1.82) is 0 Å². The molecule has 1 aliphatic rings. The number of benzene rings is 3. The summed E-state index contributed by atoms with van der Waals surface area (Å²) in [5.74, 6) is 0. The number of hydrogen-bond acceptors (Lipinski definition) is 3. The van der Waals surface area contributed by atoms with Gasteiger partial charge >= 0.3 is 0 Å². The van der Waals surface area contributed by atoms with Crippen LogP contribution >= 0.6 is 11.6 Å².